The zero-order valence-corrected chi connectivity index (χ0v) is 17.6. The minimum absolute atomic E-state index is 0.218. The second kappa shape index (κ2) is 8.90. The normalized spacial score (nSPS) is 16.9. The smallest absolute Gasteiger partial charge is 0.366 e. The number of allylic oxidation sites excluding steroid dienone is 1. The Morgan fingerprint density at radius 2 is 1.83 bits per heavy atom. The molecule has 1 aliphatic rings. The molecule has 2 aromatic carbocycles. The Morgan fingerprint density at radius 3 is 2.40 bits per heavy atom. The van der Waals surface area contributed by atoms with Crippen LogP contribution in [0.1, 0.15) is 60.0 Å². The summed E-state index contributed by atoms with van der Waals surface area (Å²) in [6.07, 6.45) is 2.41. The first-order chi connectivity index (χ1) is 14.2. The van der Waals surface area contributed by atoms with Crippen molar-refractivity contribution in [3.8, 4) is 0 Å². The van der Waals surface area contributed by atoms with E-state index in [0.717, 1.165) is 47.4 Å². The fourth-order valence-corrected chi connectivity index (χ4v) is 3.81. The van der Waals surface area contributed by atoms with E-state index in [1.165, 1.54) is 13.0 Å². The second-order valence-electron chi connectivity index (χ2n) is 7.69. The standard InChI is InChI=1S/C25H27F3N2/c1-5-7-8-21-16-30(4)24(20-13-14-22(17(3)15-20)25(26,27)28)23(29-21)19-11-9-18(6-2)10-12-19/h6,9-16,24H,2,5,7-8H2,1,3-4H3. The monoisotopic (exact) mass is 412 g/mol. The van der Waals surface area contributed by atoms with Gasteiger partial charge in [-0.05, 0) is 48.1 Å². The van der Waals surface area contributed by atoms with Crippen molar-refractivity contribution in [2.45, 2.75) is 45.3 Å². The van der Waals surface area contributed by atoms with E-state index >= 15 is 0 Å². The average molecular weight is 412 g/mol. The highest BCUT2D eigenvalue weighted by molar-refractivity contribution is 6.06. The van der Waals surface area contributed by atoms with Crippen molar-refractivity contribution in [1.82, 2.24) is 4.90 Å². The van der Waals surface area contributed by atoms with E-state index in [-0.39, 0.29) is 11.6 Å². The minimum Gasteiger partial charge on any atom is -0.366 e. The summed E-state index contributed by atoms with van der Waals surface area (Å²) in [4.78, 5) is 6.99. The SMILES string of the molecule is C=Cc1ccc(C2=NC(CCCC)=CN(C)C2c2ccc(C(F)(F)F)c(C)c2)cc1. The Kier molecular flexibility index (Phi) is 6.49. The lowest BCUT2D eigenvalue weighted by Crippen LogP contribution is -2.31. The molecule has 0 saturated heterocycles. The van der Waals surface area contributed by atoms with E-state index in [2.05, 4.69) is 18.4 Å². The molecule has 0 spiro atoms. The van der Waals surface area contributed by atoms with Crippen LogP contribution in [0.5, 0.6) is 0 Å². The maximum absolute atomic E-state index is 13.2. The van der Waals surface area contributed by atoms with Crippen LogP contribution in [-0.2, 0) is 6.18 Å². The Balaban J connectivity index is 2.06. The molecule has 3 rings (SSSR count). The lowest BCUT2D eigenvalue weighted by atomic mass is 9.91. The third kappa shape index (κ3) is 4.66. The topological polar surface area (TPSA) is 15.6 Å². The van der Waals surface area contributed by atoms with Gasteiger partial charge in [0.15, 0.2) is 0 Å². The molecule has 0 aromatic heterocycles. The number of benzene rings is 2. The molecule has 1 aliphatic heterocycles. The van der Waals surface area contributed by atoms with Crippen molar-refractivity contribution in [3.63, 3.8) is 0 Å². The summed E-state index contributed by atoms with van der Waals surface area (Å²) in [5.41, 5.74) is 4.21. The van der Waals surface area contributed by atoms with E-state index in [0.29, 0.717) is 0 Å². The van der Waals surface area contributed by atoms with Gasteiger partial charge < -0.3 is 4.90 Å². The first-order valence-electron chi connectivity index (χ1n) is 10.2. The van der Waals surface area contributed by atoms with Crippen molar-refractivity contribution in [2.24, 2.45) is 4.99 Å². The van der Waals surface area contributed by atoms with Crippen LogP contribution in [0.15, 0.2) is 65.9 Å². The van der Waals surface area contributed by atoms with Crippen molar-refractivity contribution in [1.29, 1.82) is 0 Å². The predicted molar refractivity (Wildman–Crippen MR) is 117 cm³/mol. The van der Waals surface area contributed by atoms with Gasteiger partial charge in [-0.3, -0.25) is 4.99 Å². The molecule has 0 saturated carbocycles. The van der Waals surface area contributed by atoms with Gasteiger partial charge in [0, 0.05) is 13.2 Å². The van der Waals surface area contributed by atoms with Crippen LogP contribution in [-0.4, -0.2) is 17.7 Å². The molecule has 1 unspecified atom stereocenters. The second-order valence-corrected chi connectivity index (χ2v) is 7.69. The van der Waals surface area contributed by atoms with E-state index in [9.17, 15) is 13.2 Å². The minimum atomic E-state index is -4.36. The summed E-state index contributed by atoms with van der Waals surface area (Å²) in [5, 5.41) is 0. The van der Waals surface area contributed by atoms with Gasteiger partial charge in [0.25, 0.3) is 0 Å². The van der Waals surface area contributed by atoms with Crippen LogP contribution in [0, 0.1) is 6.92 Å². The predicted octanol–water partition coefficient (Wildman–Crippen LogP) is 7.16. The van der Waals surface area contributed by atoms with E-state index in [1.54, 1.807) is 18.2 Å². The Morgan fingerprint density at radius 1 is 1.13 bits per heavy atom. The third-order valence-corrected chi connectivity index (χ3v) is 5.38. The molecular weight excluding hydrogens is 385 g/mol. The quantitative estimate of drug-likeness (QED) is 0.491. The number of halogens is 3. The molecule has 0 N–H and O–H groups in total. The van der Waals surface area contributed by atoms with E-state index in [1.807, 2.05) is 37.5 Å². The molecule has 0 aliphatic carbocycles. The van der Waals surface area contributed by atoms with Gasteiger partial charge in [-0.2, -0.15) is 13.2 Å². The maximum Gasteiger partial charge on any atom is 0.416 e. The van der Waals surface area contributed by atoms with Crippen molar-refractivity contribution in [3.05, 3.63) is 88.8 Å². The number of nitrogens with zero attached hydrogens (tertiary/aromatic N) is 2. The van der Waals surface area contributed by atoms with Crippen LogP contribution in [0.3, 0.4) is 0 Å². The first kappa shape index (κ1) is 21.9. The molecular formula is C25H27F3N2. The van der Waals surface area contributed by atoms with Crippen molar-refractivity contribution in [2.75, 3.05) is 7.05 Å². The summed E-state index contributed by atoms with van der Waals surface area (Å²) in [6.45, 7) is 7.44. The Bertz CT molecular complexity index is 969. The van der Waals surface area contributed by atoms with Crippen LogP contribution in [0.4, 0.5) is 13.2 Å². The molecule has 0 bridgehead atoms. The summed E-state index contributed by atoms with van der Waals surface area (Å²) >= 11 is 0. The van der Waals surface area contributed by atoms with Gasteiger partial charge in [-0.25, -0.2) is 0 Å². The zero-order valence-electron chi connectivity index (χ0n) is 17.6. The molecule has 2 nitrogen and oxygen atoms in total. The largest absolute Gasteiger partial charge is 0.416 e. The number of rotatable bonds is 6. The molecule has 1 heterocycles. The molecule has 158 valence electrons. The summed E-state index contributed by atoms with van der Waals surface area (Å²) in [7, 11) is 1.95. The molecule has 1 atom stereocenters. The number of hydrogen-bond acceptors (Lipinski definition) is 2. The molecule has 5 heteroatoms. The molecule has 30 heavy (non-hydrogen) atoms. The van der Waals surface area contributed by atoms with Gasteiger partial charge in [0.2, 0.25) is 0 Å². The highest BCUT2D eigenvalue weighted by atomic mass is 19.4. The Labute approximate surface area is 176 Å². The van der Waals surface area contributed by atoms with Gasteiger partial charge in [0.1, 0.15) is 0 Å². The Hall–Kier alpha value is -2.82. The number of hydrogen-bond donors (Lipinski definition) is 0. The van der Waals surface area contributed by atoms with Crippen LogP contribution >= 0.6 is 0 Å². The molecule has 2 aromatic rings. The van der Waals surface area contributed by atoms with Crippen molar-refractivity contribution < 1.29 is 13.2 Å². The summed E-state index contributed by atoms with van der Waals surface area (Å²) < 4.78 is 39.7. The first-order valence-corrected chi connectivity index (χ1v) is 10.2. The highest BCUT2D eigenvalue weighted by Crippen LogP contribution is 2.36. The van der Waals surface area contributed by atoms with Gasteiger partial charge in [0.05, 0.1) is 23.0 Å². The van der Waals surface area contributed by atoms with Crippen LogP contribution in [0.2, 0.25) is 0 Å². The van der Waals surface area contributed by atoms with Crippen molar-refractivity contribution >= 4 is 11.8 Å². The number of aliphatic imine (C=N–C) groups is 1. The maximum atomic E-state index is 13.2. The number of unbranched alkanes of at least 4 members (excludes halogenated alkanes) is 1. The van der Waals surface area contributed by atoms with Crippen LogP contribution in [0.25, 0.3) is 6.08 Å². The fraction of sp³-hybridized carbons (Fsp3) is 0.320. The van der Waals surface area contributed by atoms with E-state index < -0.39 is 11.7 Å². The summed E-state index contributed by atoms with van der Waals surface area (Å²) in [5.74, 6) is 0. The zero-order chi connectivity index (χ0) is 21.9. The number of likely N-dealkylation sites (N-methyl/N-ethyl adjacent to an activating group) is 1. The molecule has 0 radical (unpaired) electrons. The van der Waals surface area contributed by atoms with E-state index in [4.69, 9.17) is 4.99 Å². The molecule has 0 fully saturated rings. The number of alkyl halides is 3. The third-order valence-electron chi connectivity index (χ3n) is 5.38. The van der Waals surface area contributed by atoms with Crippen LogP contribution < -0.4 is 0 Å². The lowest BCUT2D eigenvalue weighted by molar-refractivity contribution is -0.138. The van der Waals surface area contributed by atoms with Gasteiger partial charge >= 0.3 is 6.18 Å². The number of aryl methyl sites for hydroxylation is 1. The molecule has 0 amide bonds. The van der Waals surface area contributed by atoms with Gasteiger partial charge in [-0.1, -0.05) is 62.4 Å². The van der Waals surface area contributed by atoms with Gasteiger partial charge in [-0.15, -0.1) is 0 Å². The summed E-state index contributed by atoms with van der Waals surface area (Å²) in [6, 6.07) is 12.1. The average Bonchev–Trinajstić information content (AvgIpc) is 2.70. The fourth-order valence-electron chi connectivity index (χ4n) is 3.81. The lowest BCUT2D eigenvalue weighted by Gasteiger charge is -2.33. The highest BCUT2D eigenvalue weighted by Gasteiger charge is 2.34.